The Hall–Kier alpha value is -2.04. The zero-order chi connectivity index (χ0) is 11.4. The van der Waals surface area contributed by atoms with Gasteiger partial charge < -0.3 is 15.2 Å². The second-order valence-electron chi connectivity index (χ2n) is 2.87. The van der Waals surface area contributed by atoms with Crippen LogP contribution in [0.3, 0.4) is 0 Å². The molecule has 1 aromatic rings. The van der Waals surface area contributed by atoms with Crippen molar-refractivity contribution in [3.05, 3.63) is 23.8 Å². The Balaban J connectivity index is 3.20. The second-order valence-corrected chi connectivity index (χ2v) is 2.87. The van der Waals surface area contributed by atoms with E-state index in [-0.39, 0.29) is 22.9 Å². The van der Waals surface area contributed by atoms with E-state index in [0.29, 0.717) is 0 Å². The molecule has 0 saturated carbocycles. The summed E-state index contributed by atoms with van der Waals surface area (Å²) >= 11 is 0. The minimum absolute atomic E-state index is 0.0461. The number of carbonyl (C=O) groups excluding carboxylic acids is 2. The van der Waals surface area contributed by atoms with E-state index in [1.807, 2.05) is 0 Å². The third kappa shape index (κ3) is 2.46. The molecule has 1 rings (SSSR count). The summed E-state index contributed by atoms with van der Waals surface area (Å²) in [6, 6.07) is 4.37. The number of ether oxygens (including phenoxy) is 1. The number of esters is 1. The molecule has 1 amide bonds. The molecule has 0 aromatic heterocycles. The van der Waals surface area contributed by atoms with Gasteiger partial charge in [-0.15, -0.1) is 0 Å². The fourth-order valence-corrected chi connectivity index (χ4v) is 1.15. The van der Waals surface area contributed by atoms with Crippen molar-refractivity contribution in [2.75, 3.05) is 12.4 Å². The third-order valence-electron chi connectivity index (χ3n) is 1.74. The van der Waals surface area contributed by atoms with Gasteiger partial charge in [0.15, 0.2) is 0 Å². The molecule has 0 unspecified atom stereocenters. The number of phenols is 1. The lowest BCUT2D eigenvalue weighted by Gasteiger charge is -2.09. The number of aromatic hydroxyl groups is 1. The minimum atomic E-state index is -0.697. The smallest absolute Gasteiger partial charge is 0.343 e. The van der Waals surface area contributed by atoms with Crippen LogP contribution in [0, 0.1) is 0 Å². The van der Waals surface area contributed by atoms with Crippen LogP contribution in [0.2, 0.25) is 0 Å². The maximum absolute atomic E-state index is 11.3. The van der Waals surface area contributed by atoms with E-state index in [0.717, 1.165) is 0 Å². The summed E-state index contributed by atoms with van der Waals surface area (Å²) in [4.78, 5) is 22.1. The van der Waals surface area contributed by atoms with Gasteiger partial charge in [-0.2, -0.15) is 0 Å². The van der Waals surface area contributed by atoms with Crippen molar-refractivity contribution < 1.29 is 19.4 Å². The molecule has 0 atom stereocenters. The van der Waals surface area contributed by atoms with Crippen LogP contribution < -0.4 is 5.32 Å². The Kier molecular flexibility index (Phi) is 3.28. The highest BCUT2D eigenvalue weighted by Gasteiger charge is 2.17. The molecule has 80 valence electrons. The molecule has 0 heterocycles. The molecule has 0 radical (unpaired) electrons. The lowest BCUT2D eigenvalue weighted by molar-refractivity contribution is -0.114. The van der Waals surface area contributed by atoms with E-state index in [1.165, 1.54) is 32.2 Å². The van der Waals surface area contributed by atoms with Crippen molar-refractivity contribution in [2.24, 2.45) is 0 Å². The Bertz CT molecular complexity index is 400. The highest BCUT2D eigenvalue weighted by molar-refractivity contribution is 6.02. The summed E-state index contributed by atoms with van der Waals surface area (Å²) in [5.74, 6) is -1.25. The Labute approximate surface area is 86.7 Å². The molecular formula is C10H11NO4. The van der Waals surface area contributed by atoms with Gasteiger partial charge in [-0.3, -0.25) is 4.79 Å². The maximum atomic E-state index is 11.3. The predicted octanol–water partition coefficient (Wildman–Crippen LogP) is 1.14. The van der Waals surface area contributed by atoms with Crippen LogP contribution in [0.5, 0.6) is 5.75 Å². The first-order valence-corrected chi connectivity index (χ1v) is 4.24. The van der Waals surface area contributed by atoms with Gasteiger partial charge >= 0.3 is 5.97 Å². The van der Waals surface area contributed by atoms with Crippen molar-refractivity contribution in [2.45, 2.75) is 6.92 Å². The molecule has 0 fully saturated rings. The monoisotopic (exact) mass is 209 g/mol. The maximum Gasteiger partial charge on any atom is 0.343 e. The zero-order valence-electron chi connectivity index (χ0n) is 8.40. The highest BCUT2D eigenvalue weighted by Crippen LogP contribution is 2.25. The molecule has 0 bridgehead atoms. The fraction of sp³-hybridized carbons (Fsp3) is 0.200. The van der Waals surface area contributed by atoms with Crippen LogP contribution in [-0.4, -0.2) is 24.1 Å². The molecule has 0 saturated heterocycles. The van der Waals surface area contributed by atoms with Gasteiger partial charge in [-0.1, -0.05) is 6.07 Å². The third-order valence-corrected chi connectivity index (χ3v) is 1.74. The first-order chi connectivity index (χ1) is 7.06. The lowest BCUT2D eigenvalue weighted by atomic mass is 10.1. The first-order valence-electron chi connectivity index (χ1n) is 4.24. The lowest BCUT2D eigenvalue weighted by Crippen LogP contribution is -2.12. The predicted molar refractivity (Wildman–Crippen MR) is 53.8 cm³/mol. The van der Waals surface area contributed by atoms with Crippen LogP contribution in [0.15, 0.2) is 18.2 Å². The summed E-state index contributed by atoms with van der Waals surface area (Å²) in [6.45, 7) is 1.31. The molecule has 0 spiro atoms. The summed E-state index contributed by atoms with van der Waals surface area (Å²) < 4.78 is 4.49. The normalized spacial score (nSPS) is 9.47. The average molecular weight is 209 g/mol. The molecule has 15 heavy (non-hydrogen) atoms. The van der Waals surface area contributed by atoms with Crippen molar-refractivity contribution in [1.82, 2.24) is 0 Å². The Morgan fingerprint density at radius 1 is 1.40 bits per heavy atom. The number of hydrogen-bond donors (Lipinski definition) is 2. The van der Waals surface area contributed by atoms with E-state index in [2.05, 4.69) is 10.1 Å². The van der Waals surface area contributed by atoms with Gasteiger partial charge in [0.1, 0.15) is 11.3 Å². The summed E-state index contributed by atoms with van der Waals surface area (Å²) in [5.41, 5.74) is 0.185. The standard InChI is InChI=1S/C10H11NO4/c1-6(12)11-7-4-3-5-8(13)9(7)10(14)15-2/h3-5,13H,1-2H3,(H,11,12). The van der Waals surface area contributed by atoms with E-state index in [4.69, 9.17) is 0 Å². The number of methoxy groups -OCH3 is 1. The fourth-order valence-electron chi connectivity index (χ4n) is 1.15. The van der Waals surface area contributed by atoms with Crippen molar-refractivity contribution in [3.8, 4) is 5.75 Å². The van der Waals surface area contributed by atoms with E-state index >= 15 is 0 Å². The molecule has 0 aliphatic carbocycles. The van der Waals surface area contributed by atoms with E-state index in [1.54, 1.807) is 0 Å². The number of anilines is 1. The molecule has 0 aliphatic heterocycles. The quantitative estimate of drug-likeness (QED) is 0.716. The number of carbonyl (C=O) groups is 2. The topological polar surface area (TPSA) is 75.6 Å². The van der Waals surface area contributed by atoms with Gasteiger partial charge in [0.05, 0.1) is 12.8 Å². The Morgan fingerprint density at radius 3 is 2.60 bits per heavy atom. The van der Waals surface area contributed by atoms with Gasteiger partial charge in [0.25, 0.3) is 0 Å². The van der Waals surface area contributed by atoms with Gasteiger partial charge in [0, 0.05) is 6.92 Å². The molecule has 5 heteroatoms. The van der Waals surface area contributed by atoms with Gasteiger partial charge in [0.2, 0.25) is 5.91 Å². The summed E-state index contributed by atoms with van der Waals surface area (Å²) in [6.07, 6.45) is 0. The molecule has 0 aliphatic rings. The SMILES string of the molecule is COC(=O)c1c(O)cccc1NC(C)=O. The van der Waals surface area contributed by atoms with Crippen molar-refractivity contribution >= 4 is 17.6 Å². The molecule has 2 N–H and O–H groups in total. The average Bonchev–Trinajstić information content (AvgIpc) is 2.16. The number of phenolic OH excluding ortho intramolecular Hbond substituents is 1. The van der Waals surface area contributed by atoms with Crippen LogP contribution in [-0.2, 0) is 9.53 Å². The number of rotatable bonds is 2. The summed E-state index contributed by atoms with van der Waals surface area (Å²) in [7, 11) is 1.20. The molecular weight excluding hydrogens is 198 g/mol. The number of hydrogen-bond acceptors (Lipinski definition) is 4. The first kappa shape index (κ1) is 11.0. The summed E-state index contributed by atoms with van der Waals surface area (Å²) in [5, 5.41) is 11.9. The molecule has 5 nitrogen and oxygen atoms in total. The van der Waals surface area contributed by atoms with Crippen LogP contribution in [0.1, 0.15) is 17.3 Å². The van der Waals surface area contributed by atoms with Crippen molar-refractivity contribution in [3.63, 3.8) is 0 Å². The Morgan fingerprint density at radius 2 is 2.07 bits per heavy atom. The van der Waals surface area contributed by atoms with Crippen LogP contribution >= 0.6 is 0 Å². The van der Waals surface area contributed by atoms with E-state index in [9.17, 15) is 14.7 Å². The van der Waals surface area contributed by atoms with Gasteiger partial charge in [-0.05, 0) is 12.1 Å². The number of amides is 1. The van der Waals surface area contributed by atoms with E-state index < -0.39 is 5.97 Å². The highest BCUT2D eigenvalue weighted by atomic mass is 16.5. The van der Waals surface area contributed by atoms with Crippen molar-refractivity contribution in [1.29, 1.82) is 0 Å². The second kappa shape index (κ2) is 4.45. The van der Waals surface area contributed by atoms with Crippen LogP contribution in [0.4, 0.5) is 5.69 Å². The largest absolute Gasteiger partial charge is 0.507 e. The van der Waals surface area contributed by atoms with Gasteiger partial charge in [-0.25, -0.2) is 4.79 Å². The van der Waals surface area contributed by atoms with Crippen LogP contribution in [0.25, 0.3) is 0 Å². The molecule has 1 aromatic carbocycles. The number of benzene rings is 1. The minimum Gasteiger partial charge on any atom is -0.507 e. The zero-order valence-corrected chi connectivity index (χ0v) is 8.40. The number of nitrogens with one attached hydrogen (secondary N) is 1.